The first-order valence-electron chi connectivity index (χ1n) is 6.55. The Morgan fingerprint density at radius 1 is 1.24 bits per heavy atom. The van der Waals surface area contributed by atoms with Gasteiger partial charge in [0.1, 0.15) is 0 Å². The van der Waals surface area contributed by atoms with Crippen molar-refractivity contribution in [3.05, 3.63) is 41.6 Å². The Morgan fingerprint density at radius 2 is 1.76 bits per heavy atom. The molecule has 0 spiro atoms. The van der Waals surface area contributed by atoms with E-state index in [1.54, 1.807) is 38.1 Å². The van der Waals surface area contributed by atoms with Gasteiger partial charge in [-0.2, -0.15) is 0 Å². The summed E-state index contributed by atoms with van der Waals surface area (Å²) in [6, 6.07) is 6.55. The highest BCUT2D eigenvalue weighted by atomic mass is 32.2. The zero-order valence-electron chi connectivity index (χ0n) is 13.0. The van der Waals surface area contributed by atoms with Crippen LogP contribution in [0.2, 0.25) is 0 Å². The first-order chi connectivity index (χ1) is 9.70. The van der Waals surface area contributed by atoms with Crippen LogP contribution in [-0.4, -0.2) is 32.8 Å². The molecule has 0 aliphatic rings. The largest absolute Gasteiger partial charge is 0.466 e. The fourth-order valence-corrected chi connectivity index (χ4v) is 2.76. The molecule has 1 rings (SSSR count). The van der Waals surface area contributed by atoms with Crippen molar-refractivity contribution >= 4 is 16.0 Å². The van der Waals surface area contributed by atoms with Gasteiger partial charge in [0.15, 0.2) is 0 Å². The molecule has 0 aliphatic carbocycles. The zero-order valence-corrected chi connectivity index (χ0v) is 13.8. The van der Waals surface area contributed by atoms with Crippen molar-refractivity contribution in [3.8, 4) is 0 Å². The van der Waals surface area contributed by atoms with Gasteiger partial charge < -0.3 is 4.74 Å². The number of methoxy groups -OCH3 is 1. The molecule has 0 amide bonds. The van der Waals surface area contributed by atoms with Crippen molar-refractivity contribution in [3.63, 3.8) is 0 Å². The first-order valence-corrected chi connectivity index (χ1v) is 7.99. The van der Waals surface area contributed by atoms with E-state index in [1.165, 1.54) is 20.4 Å². The molecule has 0 fully saturated rings. The topological polar surface area (TPSA) is 63.7 Å². The Hall–Kier alpha value is -1.82. The molecule has 116 valence electrons. The van der Waals surface area contributed by atoms with Crippen LogP contribution in [0, 0.1) is 12.8 Å². The number of aryl methyl sites for hydroxylation is 1. The third-order valence-electron chi connectivity index (χ3n) is 3.06. The monoisotopic (exact) mass is 311 g/mol. The molecule has 0 N–H and O–H groups in total. The second kappa shape index (κ2) is 6.76. The standard InChI is InChI=1S/C15H21NO4S/c1-11(2)14(15(17)20-5)10-16(4)21(18,19)13-8-6-12(3)7-9-13/h6-11H,1-5H3/b14-10+. The summed E-state index contributed by atoms with van der Waals surface area (Å²) in [7, 11) is -1.00. The molecule has 0 heterocycles. The van der Waals surface area contributed by atoms with E-state index < -0.39 is 16.0 Å². The number of rotatable bonds is 5. The highest BCUT2D eigenvalue weighted by Gasteiger charge is 2.22. The number of benzene rings is 1. The lowest BCUT2D eigenvalue weighted by molar-refractivity contribution is -0.136. The smallest absolute Gasteiger partial charge is 0.335 e. The molecule has 0 bridgehead atoms. The molecule has 1 aromatic carbocycles. The van der Waals surface area contributed by atoms with Crippen molar-refractivity contribution in [1.82, 2.24) is 4.31 Å². The quantitative estimate of drug-likeness (QED) is 0.618. The number of carbonyl (C=O) groups is 1. The first kappa shape index (κ1) is 17.2. The fourth-order valence-electron chi connectivity index (χ4n) is 1.70. The Labute approximate surface area is 126 Å². The van der Waals surface area contributed by atoms with Gasteiger partial charge in [-0.15, -0.1) is 0 Å². The molecule has 21 heavy (non-hydrogen) atoms. The van der Waals surface area contributed by atoms with E-state index in [2.05, 4.69) is 4.74 Å². The van der Waals surface area contributed by atoms with Crippen LogP contribution in [0.4, 0.5) is 0 Å². The van der Waals surface area contributed by atoms with Crippen LogP contribution in [-0.2, 0) is 19.6 Å². The Balaban J connectivity index is 3.18. The summed E-state index contributed by atoms with van der Waals surface area (Å²) in [5, 5.41) is 0. The van der Waals surface area contributed by atoms with Crippen molar-refractivity contribution in [2.24, 2.45) is 5.92 Å². The number of nitrogens with zero attached hydrogens (tertiary/aromatic N) is 1. The molecule has 1 aromatic rings. The van der Waals surface area contributed by atoms with Gasteiger partial charge in [-0.05, 0) is 25.0 Å². The van der Waals surface area contributed by atoms with Crippen LogP contribution < -0.4 is 0 Å². The lowest BCUT2D eigenvalue weighted by Crippen LogP contribution is -2.24. The van der Waals surface area contributed by atoms with Gasteiger partial charge in [0.05, 0.1) is 17.6 Å². The van der Waals surface area contributed by atoms with Gasteiger partial charge in [-0.3, -0.25) is 4.31 Å². The van der Waals surface area contributed by atoms with E-state index in [0.717, 1.165) is 9.87 Å². The van der Waals surface area contributed by atoms with E-state index in [4.69, 9.17) is 0 Å². The van der Waals surface area contributed by atoms with Gasteiger partial charge in [-0.25, -0.2) is 13.2 Å². The van der Waals surface area contributed by atoms with Crippen molar-refractivity contribution in [2.75, 3.05) is 14.2 Å². The Kier molecular flexibility index (Phi) is 5.54. The number of ether oxygens (including phenoxy) is 1. The summed E-state index contributed by atoms with van der Waals surface area (Å²) < 4.78 is 30.6. The molecular formula is C15H21NO4S. The highest BCUT2D eigenvalue weighted by Crippen LogP contribution is 2.19. The Bertz CT molecular complexity index is 630. The summed E-state index contributed by atoms with van der Waals surface area (Å²) in [6.07, 6.45) is 1.31. The number of hydrogen-bond acceptors (Lipinski definition) is 4. The molecule has 0 saturated carbocycles. The van der Waals surface area contributed by atoms with Crippen LogP contribution in [0.3, 0.4) is 0 Å². The van der Waals surface area contributed by atoms with Gasteiger partial charge in [0.25, 0.3) is 10.0 Å². The van der Waals surface area contributed by atoms with Gasteiger partial charge in [-0.1, -0.05) is 31.5 Å². The molecule has 6 heteroatoms. The summed E-state index contributed by atoms with van der Waals surface area (Å²) in [5.41, 5.74) is 1.28. The van der Waals surface area contributed by atoms with Crippen LogP contribution in [0.15, 0.2) is 40.9 Å². The summed E-state index contributed by atoms with van der Waals surface area (Å²) in [6.45, 7) is 5.48. The summed E-state index contributed by atoms with van der Waals surface area (Å²) in [4.78, 5) is 11.9. The highest BCUT2D eigenvalue weighted by molar-refractivity contribution is 7.89. The molecular weight excluding hydrogens is 290 g/mol. The summed E-state index contributed by atoms with van der Waals surface area (Å²) in [5.74, 6) is -0.677. The van der Waals surface area contributed by atoms with Crippen molar-refractivity contribution in [2.45, 2.75) is 25.7 Å². The second-order valence-corrected chi connectivity index (χ2v) is 7.06. The molecule has 0 saturated heterocycles. The van der Waals surface area contributed by atoms with Crippen LogP contribution >= 0.6 is 0 Å². The lowest BCUT2D eigenvalue weighted by Gasteiger charge is -2.18. The predicted molar refractivity (Wildman–Crippen MR) is 81.1 cm³/mol. The van der Waals surface area contributed by atoms with Crippen LogP contribution in [0.1, 0.15) is 19.4 Å². The molecule has 0 radical (unpaired) electrons. The Morgan fingerprint density at radius 3 is 2.19 bits per heavy atom. The maximum absolute atomic E-state index is 12.4. The molecule has 5 nitrogen and oxygen atoms in total. The molecule has 0 atom stereocenters. The van der Waals surface area contributed by atoms with E-state index in [1.807, 2.05) is 6.92 Å². The van der Waals surface area contributed by atoms with Crippen LogP contribution in [0.5, 0.6) is 0 Å². The van der Waals surface area contributed by atoms with E-state index in [-0.39, 0.29) is 10.8 Å². The normalized spacial score (nSPS) is 12.4. The predicted octanol–water partition coefficient (Wildman–Crippen LogP) is 2.33. The van der Waals surface area contributed by atoms with Crippen LogP contribution in [0.25, 0.3) is 0 Å². The number of carbonyl (C=O) groups excluding carboxylic acids is 1. The number of sulfonamides is 1. The fraction of sp³-hybridized carbons (Fsp3) is 0.400. The average molecular weight is 311 g/mol. The molecule has 0 aromatic heterocycles. The maximum atomic E-state index is 12.4. The maximum Gasteiger partial charge on any atom is 0.335 e. The van der Waals surface area contributed by atoms with Crippen molar-refractivity contribution in [1.29, 1.82) is 0 Å². The minimum absolute atomic E-state index is 0.145. The van der Waals surface area contributed by atoms with Gasteiger partial charge in [0, 0.05) is 13.2 Å². The number of hydrogen-bond donors (Lipinski definition) is 0. The van der Waals surface area contributed by atoms with Gasteiger partial charge >= 0.3 is 5.97 Å². The molecule has 0 unspecified atom stereocenters. The lowest BCUT2D eigenvalue weighted by atomic mass is 10.1. The zero-order chi connectivity index (χ0) is 16.2. The number of esters is 1. The summed E-state index contributed by atoms with van der Waals surface area (Å²) >= 11 is 0. The van der Waals surface area contributed by atoms with E-state index in [9.17, 15) is 13.2 Å². The third-order valence-corrected chi connectivity index (χ3v) is 4.79. The minimum atomic E-state index is -3.68. The van der Waals surface area contributed by atoms with Crippen molar-refractivity contribution < 1.29 is 17.9 Å². The van der Waals surface area contributed by atoms with E-state index in [0.29, 0.717) is 5.57 Å². The van der Waals surface area contributed by atoms with E-state index >= 15 is 0 Å². The minimum Gasteiger partial charge on any atom is -0.466 e. The third kappa shape index (κ3) is 4.07. The SMILES string of the molecule is COC(=O)/C(=C/N(C)S(=O)(=O)c1ccc(C)cc1)C(C)C. The second-order valence-electron chi connectivity index (χ2n) is 5.07. The van der Waals surface area contributed by atoms with Gasteiger partial charge in [0.2, 0.25) is 0 Å². The average Bonchev–Trinajstić information content (AvgIpc) is 2.43. The molecule has 0 aliphatic heterocycles.